The van der Waals surface area contributed by atoms with Crippen molar-refractivity contribution in [1.29, 1.82) is 0 Å². The summed E-state index contributed by atoms with van der Waals surface area (Å²) in [4.78, 5) is 12.4. The maximum Gasteiger partial charge on any atom is 0.407 e. The highest BCUT2D eigenvalue weighted by atomic mass is 28.4. The Labute approximate surface area is 231 Å². The van der Waals surface area contributed by atoms with Crippen molar-refractivity contribution in [3.8, 4) is 0 Å². The molecule has 0 radical (unpaired) electrons. The zero-order chi connectivity index (χ0) is 28.4. The molecule has 220 valence electrons. The number of rotatable bonds is 20. The lowest BCUT2D eigenvalue weighted by atomic mass is 10.0. The summed E-state index contributed by atoms with van der Waals surface area (Å²) in [7, 11) is -1.81. The first-order valence-corrected chi connectivity index (χ1v) is 18.1. The SMILES string of the molecule is CCCCCCCCCCCCC/C=C/[C@H](O)[C@H](CCCO[Si](C)(C)C(C)(C)C)NC(=O)OC(C)(C)C. The molecule has 0 saturated heterocycles. The van der Waals surface area contributed by atoms with Crippen LogP contribution in [0.1, 0.15) is 138 Å². The monoisotopic (exact) mass is 541 g/mol. The molecule has 2 atom stereocenters. The van der Waals surface area contributed by atoms with Crippen LogP contribution in [-0.2, 0) is 9.16 Å². The topological polar surface area (TPSA) is 67.8 Å². The van der Waals surface area contributed by atoms with Crippen molar-refractivity contribution in [2.24, 2.45) is 0 Å². The molecule has 0 bridgehead atoms. The first-order chi connectivity index (χ1) is 17.2. The van der Waals surface area contributed by atoms with E-state index < -0.39 is 32.2 Å². The summed E-state index contributed by atoms with van der Waals surface area (Å²) in [5.41, 5.74) is -0.573. The van der Waals surface area contributed by atoms with Crippen molar-refractivity contribution < 1.29 is 19.1 Å². The van der Waals surface area contributed by atoms with E-state index in [1.807, 2.05) is 26.8 Å². The largest absolute Gasteiger partial charge is 0.444 e. The number of carbonyl (C=O) groups is 1. The van der Waals surface area contributed by atoms with Crippen LogP contribution in [0.2, 0.25) is 18.1 Å². The van der Waals surface area contributed by atoms with E-state index >= 15 is 0 Å². The zero-order valence-corrected chi connectivity index (χ0v) is 27.1. The van der Waals surface area contributed by atoms with Gasteiger partial charge in [-0.15, -0.1) is 0 Å². The van der Waals surface area contributed by atoms with Crippen LogP contribution in [-0.4, -0.2) is 43.9 Å². The molecule has 37 heavy (non-hydrogen) atoms. The minimum atomic E-state index is -1.81. The van der Waals surface area contributed by atoms with Gasteiger partial charge in [0.2, 0.25) is 0 Å². The van der Waals surface area contributed by atoms with Gasteiger partial charge in [0.1, 0.15) is 5.60 Å². The van der Waals surface area contributed by atoms with Gasteiger partial charge < -0.3 is 19.6 Å². The highest BCUT2D eigenvalue weighted by molar-refractivity contribution is 6.74. The lowest BCUT2D eigenvalue weighted by Crippen LogP contribution is -2.45. The molecule has 0 aromatic carbocycles. The third kappa shape index (κ3) is 19.8. The van der Waals surface area contributed by atoms with Gasteiger partial charge in [0.05, 0.1) is 12.1 Å². The number of nitrogens with one attached hydrogen (secondary N) is 1. The molecule has 0 rings (SSSR count). The average molecular weight is 542 g/mol. The molecule has 0 aromatic rings. The van der Waals surface area contributed by atoms with Crippen LogP contribution in [0.5, 0.6) is 0 Å². The number of aliphatic hydroxyl groups excluding tert-OH is 1. The number of hydrogen-bond acceptors (Lipinski definition) is 4. The van der Waals surface area contributed by atoms with E-state index in [1.165, 1.54) is 64.2 Å². The number of allylic oxidation sites excluding steroid dienone is 1. The number of alkyl carbamates (subject to hydrolysis) is 1. The maximum absolute atomic E-state index is 12.4. The van der Waals surface area contributed by atoms with Gasteiger partial charge >= 0.3 is 6.09 Å². The Kier molecular flexibility index (Phi) is 18.8. The minimum Gasteiger partial charge on any atom is -0.444 e. The molecule has 0 saturated carbocycles. The van der Waals surface area contributed by atoms with E-state index in [2.05, 4.69) is 52.2 Å². The van der Waals surface area contributed by atoms with E-state index in [1.54, 1.807) is 0 Å². The van der Waals surface area contributed by atoms with Crippen molar-refractivity contribution >= 4 is 14.4 Å². The Morgan fingerprint density at radius 2 is 1.38 bits per heavy atom. The summed E-state index contributed by atoms with van der Waals surface area (Å²) >= 11 is 0. The quantitative estimate of drug-likeness (QED) is 0.0915. The van der Waals surface area contributed by atoms with E-state index in [-0.39, 0.29) is 5.04 Å². The molecule has 0 heterocycles. The Hall–Kier alpha value is -0.853. The van der Waals surface area contributed by atoms with E-state index in [9.17, 15) is 9.90 Å². The summed E-state index contributed by atoms with van der Waals surface area (Å²) in [5.74, 6) is 0. The van der Waals surface area contributed by atoms with Crippen LogP contribution in [0.25, 0.3) is 0 Å². The van der Waals surface area contributed by atoms with Crippen LogP contribution in [0.4, 0.5) is 4.79 Å². The molecule has 1 amide bonds. The van der Waals surface area contributed by atoms with Gasteiger partial charge in [-0.05, 0) is 64.6 Å². The van der Waals surface area contributed by atoms with E-state index in [0.29, 0.717) is 13.0 Å². The zero-order valence-electron chi connectivity index (χ0n) is 26.1. The predicted molar refractivity (Wildman–Crippen MR) is 162 cm³/mol. The standard InChI is InChI=1S/C31H63NO4Si/c1-10-11-12-13-14-15-16-17-18-19-20-21-22-25-28(33)27(32-29(34)36-30(2,3)4)24-23-26-35-37(8,9)31(5,6)7/h22,25,27-28,33H,10-21,23-24,26H2,1-9H3,(H,32,34)/b25-22+/t27-,28-/m0/s1. The fourth-order valence-corrected chi connectivity index (χ4v) is 5.02. The fraction of sp³-hybridized carbons (Fsp3) is 0.903. The second-order valence-corrected chi connectivity index (χ2v) is 18.1. The Morgan fingerprint density at radius 1 is 0.865 bits per heavy atom. The molecule has 0 aliphatic rings. The molecular formula is C31H63NO4Si. The maximum atomic E-state index is 12.4. The molecule has 0 aliphatic carbocycles. The molecule has 2 N–H and O–H groups in total. The average Bonchev–Trinajstić information content (AvgIpc) is 2.76. The van der Waals surface area contributed by atoms with Crippen molar-refractivity contribution in [3.05, 3.63) is 12.2 Å². The summed E-state index contributed by atoms with van der Waals surface area (Å²) in [5, 5.41) is 13.9. The second-order valence-electron chi connectivity index (χ2n) is 13.2. The smallest absolute Gasteiger partial charge is 0.407 e. The summed E-state index contributed by atoms with van der Waals surface area (Å²) in [6.45, 7) is 19.6. The lowest BCUT2D eigenvalue weighted by molar-refractivity contribution is 0.0445. The predicted octanol–water partition coefficient (Wildman–Crippen LogP) is 9.30. The number of unbranched alkanes of at least 4 members (excludes halogenated alkanes) is 11. The van der Waals surface area contributed by atoms with Gasteiger partial charge in [0.25, 0.3) is 0 Å². The summed E-state index contributed by atoms with van der Waals surface area (Å²) < 4.78 is 11.7. The lowest BCUT2D eigenvalue weighted by Gasteiger charge is -2.36. The van der Waals surface area contributed by atoms with Crippen LogP contribution < -0.4 is 5.32 Å². The third-order valence-corrected chi connectivity index (χ3v) is 11.9. The molecular weight excluding hydrogens is 478 g/mol. The molecule has 0 fully saturated rings. The van der Waals surface area contributed by atoms with Crippen LogP contribution in [0.3, 0.4) is 0 Å². The molecule has 0 spiro atoms. The number of aliphatic hydroxyl groups is 1. The molecule has 0 unspecified atom stereocenters. The normalized spacial score (nSPS) is 14.6. The Bertz CT molecular complexity index is 607. The second kappa shape index (κ2) is 19.2. The third-order valence-electron chi connectivity index (χ3n) is 7.35. The summed E-state index contributed by atoms with van der Waals surface area (Å²) in [6, 6.07) is -0.397. The Morgan fingerprint density at radius 3 is 1.86 bits per heavy atom. The highest BCUT2D eigenvalue weighted by Gasteiger charge is 2.37. The molecule has 0 aromatic heterocycles. The number of amides is 1. The van der Waals surface area contributed by atoms with Gasteiger partial charge in [0, 0.05) is 6.61 Å². The van der Waals surface area contributed by atoms with Crippen LogP contribution in [0.15, 0.2) is 12.2 Å². The van der Waals surface area contributed by atoms with Crippen molar-refractivity contribution in [3.63, 3.8) is 0 Å². The summed E-state index contributed by atoms with van der Waals surface area (Å²) in [6.07, 6.45) is 19.7. The van der Waals surface area contributed by atoms with Gasteiger partial charge in [-0.1, -0.05) is 104 Å². The van der Waals surface area contributed by atoms with Crippen molar-refractivity contribution in [1.82, 2.24) is 5.32 Å². The molecule has 0 aliphatic heterocycles. The van der Waals surface area contributed by atoms with E-state index in [4.69, 9.17) is 9.16 Å². The van der Waals surface area contributed by atoms with E-state index in [0.717, 1.165) is 19.3 Å². The molecule has 6 heteroatoms. The fourth-order valence-electron chi connectivity index (χ4n) is 3.93. The van der Waals surface area contributed by atoms with Crippen LogP contribution in [0, 0.1) is 0 Å². The van der Waals surface area contributed by atoms with Crippen molar-refractivity contribution in [2.75, 3.05) is 6.61 Å². The van der Waals surface area contributed by atoms with Gasteiger partial charge in [-0.2, -0.15) is 0 Å². The number of hydrogen-bond donors (Lipinski definition) is 2. The van der Waals surface area contributed by atoms with Crippen LogP contribution >= 0.6 is 0 Å². The van der Waals surface area contributed by atoms with Gasteiger partial charge in [-0.3, -0.25) is 0 Å². The van der Waals surface area contributed by atoms with Crippen molar-refractivity contribution in [2.45, 2.75) is 174 Å². The number of carbonyl (C=O) groups excluding carboxylic acids is 1. The minimum absolute atomic E-state index is 0.164. The number of ether oxygens (including phenoxy) is 1. The first kappa shape index (κ1) is 36.1. The first-order valence-electron chi connectivity index (χ1n) is 15.2. The highest BCUT2D eigenvalue weighted by Crippen LogP contribution is 2.36. The van der Waals surface area contributed by atoms with Gasteiger partial charge in [-0.25, -0.2) is 4.79 Å². The molecule has 5 nitrogen and oxygen atoms in total. The van der Waals surface area contributed by atoms with Gasteiger partial charge in [0.15, 0.2) is 8.32 Å². The Balaban J connectivity index is 4.45.